The molecule has 2 aliphatic rings. The summed E-state index contributed by atoms with van der Waals surface area (Å²) in [5, 5.41) is 0. The van der Waals surface area contributed by atoms with Gasteiger partial charge in [0.15, 0.2) is 0 Å². The van der Waals surface area contributed by atoms with Gasteiger partial charge < -0.3 is 9.05 Å². The van der Waals surface area contributed by atoms with E-state index in [0.29, 0.717) is 13.2 Å². The van der Waals surface area contributed by atoms with E-state index in [-0.39, 0.29) is 5.92 Å². The summed E-state index contributed by atoms with van der Waals surface area (Å²) in [4.78, 5) is 0. The summed E-state index contributed by atoms with van der Waals surface area (Å²) in [6, 6.07) is 9.80. The van der Waals surface area contributed by atoms with Crippen LogP contribution in [-0.4, -0.2) is 13.2 Å². The van der Waals surface area contributed by atoms with E-state index in [4.69, 9.17) is 54.0 Å². The molecule has 0 saturated carbocycles. The van der Waals surface area contributed by atoms with Gasteiger partial charge in [-0.2, -0.15) is 13.5 Å². The van der Waals surface area contributed by atoms with E-state index in [1.54, 1.807) is 0 Å². The fourth-order valence-electron chi connectivity index (χ4n) is 1.89. The van der Waals surface area contributed by atoms with Gasteiger partial charge in [-0.1, -0.05) is 30.3 Å². The van der Waals surface area contributed by atoms with E-state index in [1.165, 1.54) is 0 Å². The van der Waals surface area contributed by atoms with Gasteiger partial charge in [0.2, 0.25) is 0 Å². The van der Waals surface area contributed by atoms with E-state index in [9.17, 15) is 0 Å². The molecule has 0 radical (unpaired) electrons. The Hall–Kier alpha value is 0.990. The molecule has 3 atom stereocenters. The van der Waals surface area contributed by atoms with Crippen LogP contribution in [0.5, 0.6) is 0 Å². The average Bonchev–Trinajstić information content (AvgIpc) is 2.35. The van der Waals surface area contributed by atoms with Gasteiger partial charge >= 0.3 is 13.6 Å². The summed E-state index contributed by atoms with van der Waals surface area (Å²) in [6.07, 6.45) is 0. The predicted molar refractivity (Wildman–Crippen MR) is 92.5 cm³/mol. The minimum absolute atomic E-state index is 0.0279. The van der Waals surface area contributed by atoms with Crippen molar-refractivity contribution in [1.29, 1.82) is 0 Å². The lowest BCUT2D eigenvalue weighted by Crippen LogP contribution is -2.13. The quantitative estimate of drug-likeness (QED) is 0.433. The molecule has 12 heteroatoms. The van der Waals surface area contributed by atoms with Crippen LogP contribution < -0.4 is 0 Å². The molecular formula is C9H10Cl4N3O2P3. The van der Waals surface area contributed by atoms with Gasteiger partial charge in [0, 0.05) is 5.92 Å². The molecular weight excluding hydrogens is 417 g/mol. The third-order valence-electron chi connectivity index (χ3n) is 2.81. The SMILES string of the molecule is ClP1(Cl)=NP2(Cl)=NP(Cl)(=N1)OCC(c1ccccc1)CO2. The Morgan fingerprint density at radius 1 is 0.857 bits per heavy atom. The lowest BCUT2D eigenvalue weighted by Gasteiger charge is -2.29. The fourth-order valence-corrected chi connectivity index (χ4v) is 16.7. The molecule has 1 aromatic rings. The van der Waals surface area contributed by atoms with Crippen LogP contribution in [0.3, 0.4) is 0 Å². The highest BCUT2D eigenvalue weighted by molar-refractivity contribution is 8.16. The van der Waals surface area contributed by atoms with Crippen LogP contribution in [0.15, 0.2) is 43.9 Å². The first kappa shape index (κ1) is 16.8. The van der Waals surface area contributed by atoms with Crippen molar-refractivity contribution in [3.63, 3.8) is 0 Å². The summed E-state index contributed by atoms with van der Waals surface area (Å²) < 4.78 is 23.7. The van der Waals surface area contributed by atoms with E-state index in [1.807, 2.05) is 30.3 Å². The summed E-state index contributed by atoms with van der Waals surface area (Å²) in [5.41, 5.74) is 1.06. The lowest BCUT2D eigenvalue weighted by molar-refractivity contribution is 0.240. The summed E-state index contributed by atoms with van der Waals surface area (Å²) in [7, 11) is 0. The molecule has 0 spiro atoms. The van der Waals surface area contributed by atoms with Crippen LogP contribution in [0.4, 0.5) is 0 Å². The molecule has 0 aromatic heterocycles. The maximum atomic E-state index is 6.33. The molecule has 0 N–H and O–H groups in total. The number of hydrogen-bond donors (Lipinski definition) is 0. The molecule has 2 heterocycles. The Morgan fingerprint density at radius 2 is 1.43 bits per heavy atom. The highest BCUT2D eigenvalue weighted by Gasteiger charge is 2.38. The zero-order valence-electron chi connectivity index (χ0n) is 10.4. The minimum atomic E-state index is -3.02. The highest BCUT2D eigenvalue weighted by Crippen LogP contribution is 2.86. The third kappa shape index (κ3) is 4.10. The van der Waals surface area contributed by atoms with Crippen molar-refractivity contribution in [3.8, 4) is 0 Å². The Kier molecular flexibility index (Phi) is 4.91. The molecule has 0 saturated heterocycles. The van der Waals surface area contributed by atoms with Crippen molar-refractivity contribution in [1.82, 2.24) is 0 Å². The van der Waals surface area contributed by atoms with E-state index in [0.717, 1.165) is 5.56 Å². The molecule has 0 amide bonds. The number of nitrogens with zero attached hydrogens (tertiary/aromatic N) is 3. The molecule has 21 heavy (non-hydrogen) atoms. The van der Waals surface area contributed by atoms with Crippen molar-refractivity contribution in [2.45, 2.75) is 5.92 Å². The molecule has 5 nitrogen and oxygen atoms in total. The van der Waals surface area contributed by atoms with Crippen LogP contribution >= 0.6 is 64.4 Å². The standard InChI is InChI=1S/C9H10Cl4N3O2P3/c10-19(11)14-20(12)16-21(13,15-19)18-7-9(6-17-20)8-4-2-1-3-5-8/h1-5,9H,6-7H2. The van der Waals surface area contributed by atoms with Crippen LogP contribution in [0.2, 0.25) is 0 Å². The van der Waals surface area contributed by atoms with Gasteiger partial charge in [-0.05, 0) is 50.5 Å². The zero-order valence-corrected chi connectivity index (χ0v) is 16.1. The van der Waals surface area contributed by atoms with E-state index < -0.39 is 19.5 Å². The van der Waals surface area contributed by atoms with Gasteiger partial charge in [0.1, 0.15) is 0 Å². The van der Waals surface area contributed by atoms with Crippen LogP contribution in [0.1, 0.15) is 11.5 Å². The van der Waals surface area contributed by atoms with Gasteiger partial charge in [-0.15, -0.1) is 0 Å². The molecule has 2 aliphatic heterocycles. The number of benzene rings is 1. The van der Waals surface area contributed by atoms with Crippen LogP contribution in [0.25, 0.3) is 0 Å². The molecule has 116 valence electrons. The number of fused-ring (bicyclic) bond motifs is 1. The zero-order chi connectivity index (χ0) is 15.1. The molecule has 1 aromatic carbocycles. The maximum Gasteiger partial charge on any atom is 0.300 e. The van der Waals surface area contributed by atoms with Crippen molar-refractivity contribution >= 4 is 64.4 Å². The Morgan fingerprint density at radius 3 is 2.05 bits per heavy atom. The van der Waals surface area contributed by atoms with E-state index in [2.05, 4.69) is 13.5 Å². The number of halogens is 4. The number of rotatable bonds is 1. The van der Waals surface area contributed by atoms with Crippen molar-refractivity contribution in [2.75, 3.05) is 13.2 Å². The predicted octanol–water partition coefficient (Wildman–Crippen LogP) is 7.62. The smallest absolute Gasteiger partial charge is 0.300 e. The van der Waals surface area contributed by atoms with Crippen molar-refractivity contribution < 1.29 is 9.05 Å². The normalized spacial score (nSPS) is 38.2. The highest BCUT2D eigenvalue weighted by atomic mass is 35.9. The van der Waals surface area contributed by atoms with Crippen molar-refractivity contribution in [3.05, 3.63) is 35.9 Å². The Labute approximate surface area is 141 Å². The van der Waals surface area contributed by atoms with Gasteiger partial charge in [-0.25, -0.2) is 0 Å². The maximum absolute atomic E-state index is 6.33. The summed E-state index contributed by atoms with van der Waals surface area (Å²) >= 11 is 24.7. The monoisotopic (exact) mass is 425 g/mol. The first-order valence-corrected chi connectivity index (χ1v) is 14.4. The minimum Gasteiger partial charge on any atom is -0.315 e. The molecule has 2 bridgehead atoms. The van der Waals surface area contributed by atoms with Gasteiger partial charge in [-0.3, -0.25) is 0 Å². The topological polar surface area (TPSA) is 55.5 Å². The second-order valence-corrected chi connectivity index (χ2v) is 15.8. The molecule has 0 fully saturated rings. The first-order valence-electron chi connectivity index (χ1n) is 5.83. The molecule has 3 rings (SSSR count). The second kappa shape index (κ2) is 6.13. The lowest BCUT2D eigenvalue weighted by atomic mass is 10.0. The van der Waals surface area contributed by atoms with Gasteiger partial charge in [0.25, 0.3) is 5.91 Å². The Balaban J connectivity index is 1.98. The largest absolute Gasteiger partial charge is 0.315 e. The Bertz CT molecular complexity index is 707. The molecule has 0 aliphatic carbocycles. The van der Waals surface area contributed by atoms with Crippen LogP contribution in [-0.2, 0) is 9.05 Å². The van der Waals surface area contributed by atoms with E-state index >= 15 is 0 Å². The summed E-state index contributed by atoms with van der Waals surface area (Å²) in [5.74, 6) is -3.03. The van der Waals surface area contributed by atoms with Crippen LogP contribution in [0, 0.1) is 0 Å². The second-order valence-electron chi connectivity index (χ2n) is 4.37. The van der Waals surface area contributed by atoms with Gasteiger partial charge in [0.05, 0.1) is 13.2 Å². The fraction of sp³-hybridized carbons (Fsp3) is 0.333. The molecule has 3 unspecified atom stereocenters. The average molecular weight is 427 g/mol. The summed E-state index contributed by atoms with van der Waals surface area (Å²) in [6.45, 7) is -5.44. The first-order chi connectivity index (χ1) is 9.79. The third-order valence-corrected chi connectivity index (χ3v) is 14.5. The van der Waals surface area contributed by atoms with Crippen molar-refractivity contribution in [2.24, 2.45) is 13.5 Å². The number of hydrogen-bond acceptors (Lipinski definition) is 5.